The van der Waals surface area contributed by atoms with Crippen LogP contribution in [-0.4, -0.2) is 23.3 Å². The third-order valence-electron chi connectivity index (χ3n) is 3.22. The van der Waals surface area contributed by atoms with Crippen molar-refractivity contribution in [3.05, 3.63) is 57.4 Å². The van der Waals surface area contributed by atoms with Crippen LogP contribution in [0.3, 0.4) is 0 Å². The first-order valence-corrected chi connectivity index (χ1v) is 8.58. The van der Waals surface area contributed by atoms with Gasteiger partial charge >= 0.3 is 0 Å². The number of carbonyl (C=O) groups is 1. The average molecular weight is 405 g/mol. The Morgan fingerprint density at radius 2 is 2.00 bits per heavy atom. The van der Waals surface area contributed by atoms with E-state index in [1.807, 2.05) is 18.2 Å². The third kappa shape index (κ3) is 3.80. The highest BCUT2D eigenvalue weighted by Crippen LogP contribution is 2.31. The molecule has 3 rings (SSSR count). The molecule has 5 nitrogen and oxygen atoms in total. The summed E-state index contributed by atoms with van der Waals surface area (Å²) in [6, 6.07) is 12.0. The number of nitrogens with one attached hydrogen (secondary N) is 1. The number of amides is 1. The van der Waals surface area contributed by atoms with E-state index in [1.165, 1.54) is 11.8 Å². The van der Waals surface area contributed by atoms with Gasteiger partial charge in [0.15, 0.2) is 5.17 Å². The monoisotopic (exact) mass is 404 g/mol. The highest BCUT2D eigenvalue weighted by molar-refractivity contribution is 9.10. The first-order chi connectivity index (χ1) is 11.5. The molecule has 0 radical (unpaired) electrons. The molecule has 0 bridgehead atoms. The Morgan fingerprint density at radius 1 is 1.25 bits per heavy atom. The Hall–Kier alpha value is -2.25. The predicted octanol–water partition coefficient (Wildman–Crippen LogP) is 4.05. The van der Waals surface area contributed by atoms with Gasteiger partial charge in [-0.1, -0.05) is 15.9 Å². The number of benzene rings is 2. The SMILES string of the molecule is COc1ccc(Br)c(/C=C2\SC(=Nc3ccc(O)cc3)NC2=O)c1. The van der Waals surface area contributed by atoms with Crippen molar-refractivity contribution >= 4 is 50.5 Å². The van der Waals surface area contributed by atoms with Crippen LogP contribution in [0.4, 0.5) is 5.69 Å². The molecular weight excluding hydrogens is 392 g/mol. The van der Waals surface area contributed by atoms with Gasteiger partial charge in [-0.25, -0.2) is 4.99 Å². The van der Waals surface area contributed by atoms with Crippen molar-refractivity contribution in [2.75, 3.05) is 7.11 Å². The van der Waals surface area contributed by atoms with Crippen molar-refractivity contribution in [1.82, 2.24) is 5.32 Å². The summed E-state index contributed by atoms with van der Waals surface area (Å²) in [4.78, 5) is 17.0. The third-order valence-corrected chi connectivity index (χ3v) is 4.85. The van der Waals surface area contributed by atoms with Crippen molar-refractivity contribution in [3.63, 3.8) is 0 Å². The molecule has 1 fully saturated rings. The van der Waals surface area contributed by atoms with E-state index in [-0.39, 0.29) is 11.7 Å². The van der Waals surface area contributed by atoms with E-state index in [0.717, 1.165) is 10.0 Å². The van der Waals surface area contributed by atoms with Gasteiger partial charge in [0.1, 0.15) is 11.5 Å². The van der Waals surface area contributed by atoms with Crippen LogP contribution in [0, 0.1) is 0 Å². The molecule has 0 unspecified atom stereocenters. The number of methoxy groups -OCH3 is 1. The summed E-state index contributed by atoms with van der Waals surface area (Å²) in [6.45, 7) is 0. The van der Waals surface area contributed by atoms with Crippen LogP contribution < -0.4 is 10.1 Å². The fraction of sp³-hybridized carbons (Fsp3) is 0.0588. The molecule has 0 aromatic heterocycles. The van der Waals surface area contributed by atoms with Gasteiger partial charge in [-0.05, 0) is 65.9 Å². The molecule has 2 aromatic rings. The van der Waals surface area contributed by atoms with Gasteiger partial charge in [-0.2, -0.15) is 0 Å². The lowest BCUT2D eigenvalue weighted by atomic mass is 10.2. The van der Waals surface area contributed by atoms with Crippen LogP contribution in [0.1, 0.15) is 5.56 Å². The fourth-order valence-electron chi connectivity index (χ4n) is 2.03. The molecule has 7 heteroatoms. The van der Waals surface area contributed by atoms with E-state index in [0.29, 0.717) is 21.5 Å². The smallest absolute Gasteiger partial charge is 0.264 e. The minimum absolute atomic E-state index is 0.172. The lowest BCUT2D eigenvalue weighted by Gasteiger charge is -2.03. The molecule has 0 atom stereocenters. The Labute approximate surface area is 151 Å². The molecule has 1 saturated heterocycles. The van der Waals surface area contributed by atoms with Crippen molar-refractivity contribution in [2.45, 2.75) is 0 Å². The Morgan fingerprint density at radius 3 is 2.71 bits per heavy atom. The number of phenols is 1. The number of carbonyl (C=O) groups excluding carboxylic acids is 1. The molecular formula is C17H13BrN2O3S. The molecule has 1 aliphatic heterocycles. The molecule has 2 N–H and O–H groups in total. The number of amidine groups is 1. The Bertz CT molecular complexity index is 847. The number of nitrogens with zero attached hydrogens (tertiary/aromatic N) is 1. The van der Waals surface area contributed by atoms with Gasteiger partial charge in [-0.3, -0.25) is 4.79 Å². The standard InChI is InChI=1S/C17H13BrN2O3S/c1-23-13-6-7-14(18)10(8-13)9-15-16(22)20-17(24-15)19-11-2-4-12(21)5-3-11/h2-9,21H,1H3,(H,19,20,22)/b15-9-. The Kier molecular flexibility index (Phi) is 4.92. The van der Waals surface area contributed by atoms with Crippen LogP contribution in [0.2, 0.25) is 0 Å². The molecule has 0 spiro atoms. The Balaban J connectivity index is 1.86. The second kappa shape index (κ2) is 7.11. The summed E-state index contributed by atoms with van der Waals surface area (Å²) in [5.74, 6) is 0.684. The van der Waals surface area contributed by atoms with Gasteiger partial charge in [0, 0.05) is 4.47 Å². The van der Waals surface area contributed by atoms with Crippen LogP contribution in [0.25, 0.3) is 6.08 Å². The van der Waals surface area contributed by atoms with Crippen LogP contribution >= 0.6 is 27.7 Å². The highest BCUT2D eigenvalue weighted by Gasteiger charge is 2.24. The largest absolute Gasteiger partial charge is 0.508 e. The summed E-state index contributed by atoms with van der Waals surface area (Å²) < 4.78 is 6.08. The van der Waals surface area contributed by atoms with E-state index < -0.39 is 0 Å². The van der Waals surface area contributed by atoms with E-state index in [4.69, 9.17) is 4.74 Å². The van der Waals surface area contributed by atoms with Gasteiger partial charge in [0.2, 0.25) is 0 Å². The first-order valence-electron chi connectivity index (χ1n) is 6.97. The van der Waals surface area contributed by atoms with Crippen molar-refractivity contribution in [2.24, 2.45) is 4.99 Å². The quantitative estimate of drug-likeness (QED) is 0.756. The second-order valence-electron chi connectivity index (χ2n) is 4.89. The van der Waals surface area contributed by atoms with E-state index in [2.05, 4.69) is 26.2 Å². The number of aliphatic imine (C=N–C) groups is 1. The van der Waals surface area contributed by atoms with Crippen molar-refractivity contribution in [1.29, 1.82) is 0 Å². The molecule has 1 heterocycles. The molecule has 24 heavy (non-hydrogen) atoms. The maximum Gasteiger partial charge on any atom is 0.264 e. The molecule has 0 saturated carbocycles. The minimum Gasteiger partial charge on any atom is -0.508 e. The summed E-state index contributed by atoms with van der Waals surface area (Å²) in [5, 5.41) is 12.5. The number of ether oxygens (including phenoxy) is 1. The molecule has 1 aliphatic rings. The van der Waals surface area contributed by atoms with Crippen LogP contribution in [0.15, 0.2) is 56.8 Å². The maximum atomic E-state index is 12.1. The topological polar surface area (TPSA) is 70.9 Å². The van der Waals surface area contributed by atoms with E-state index in [1.54, 1.807) is 37.5 Å². The number of halogens is 1. The number of phenolic OH excluding ortho intramolecular Hbond substituents is 1. The summed E-state index contributed by atoms with van der Waals surface area (Å²) in [7, 11) is 1.60. The number of hydrogen-bond donors (Lipinski definition) is 2. The maximum absolute atomic E-state index is 12.1. The van der Waals surface area contributed by atoms with Crippen molar-refractivity contribution in [3.8, 4) is 11.5 Å². The molecule has 2 aromatic carbocycles. The normalized spacial score (nSPS) is 17.3. The minimum atomic E-state index is -0.202. The van der Waals surface area contributed by atoms with Crippen molar-refractivity contribution < 1.29 is 14.6 Å². The number of aromatic hydroxyl groups is 1. The summed E-state index contributed by atoms with van der Waals surface area (Å²) in [5.41, 5.74) is 1.50. The second-order valence-corrected chi connectivity index (χ2v) is 6.77. The number of hydrogen-bond acceptors (Lipinski definition) is 5. The zero-order chi connectivity index (χ0) is 17.1. The van der Waals surface area contributed by atoms with Gasteiger partial charge in [0.25, 0.3) is 5.91 Å². The highest BCUT2D eigenvalue weighted by atomic mass is 79.9. The van der Waals surface area contributed by atoms with E-state index in [9.17, 15) is 9.90 Å². The zero-order valence-electron chi connectivity index (χ0n) is 12.6. The average Bonchev–Trinajstić information content (AvgIpc) is 2.91. The number of rotatable bonds is 3. The fourth-order valence-corrected chi connectivity index (χ4v) is 3.22. The molecule has 122 valence electrons. The number of thioether (sulfide) groups is 1. The zero-order valence-corrected chi connectivity index (χ0v) is 15.0. The van der Waals surface area contributed by atoms with Gasteiger partial charge < -0.3 is 15.2 Å². The van der Waals surface area contributed by atoms with E-state index >= 15 is 0 Å². The predicted molar refractivity (Wildman–Crippen MR) is 99.6 cm³/mol. The summed E-state index contributed by atoms with van der Waals surface area (Å²) in [6.07, 6.45) is 1.78. The van der Waals surface area contributed by atoms with Crippen LogP contribution in [-0.2, 0) is 4.79 Å². The summed E-state index contributed by atoms with van der Waals surface area (Å²) >= 11 is 4.73. The lowest BCUT2D eigenvalue weighted by Crippen LogP contribution is -2.19. The molecule has 0 aliphatic carbocycles. The lowest BCUT2D eigenvalue weighted by molar-refractivity contribution is -0.115. The van der Waals surface area contributed by atoms with Gasteiger partial charge in [-0.15, -0.1) is 0 Å². The molecule has 1 amide bonds. The van der Waals surface area contributed by atoms with Gasteiger partial charge in [0.05, 0.1) is 17.7 Å². The van der Waals surface area contributed by atoms with Crippen LogP contribution in [0.5, 0.6) is 11.5 Å². The first kappa shape index (κ1) is 16.6.